The van der Waals surface area contributed by atoms with Gasteiger partial charge in [0.05, 0.1) is 0 Å². The van der Waals surface area contributed by atoms with Gasteiger partial charge in [0.1, 0.15) is 11.9 Å². The average Bonchev–Trinajstić information content (AvgIpc) is 2.86. The monoisotopic (exact) mass is 262 g/mol. The molecule has 1 aromatic rings. The number of nitrogens with two attached hydrogens (primary N) is 1. The standard InChI is InChI=1S/C16H26N2O/c1-4-16(3,12-17)18(5-2)11-14-10-13-8-6-7-9-15(13)19-14/h6-9,14H,4-5,10-12,17H2,1-3H3. The first-order valence-corrected chi connectivity index (χ1v) is 7.32. The summed E-state index contributed by atoms with van der Waals surface area (Å²) in [5.74, 6) is 1.05. The van der Waals surface area contributed by atoms with E-state index in [-0.39, 0.29) is 11.6 Å². The fourth-order valence-electron chi connectivity index (χ4n) is 2.83. The molecule has 0 aromatic heterocycles. The van der Waals surface area contributed by atoms with Crippen LogP contribution in [0.1, 0.15) is 32.8 Å². The Hall–Kier alpha value is -1.06. The van der Waals surface area contributed by atoms with Crippen LogP contribution in [-0.2, 0) is 6.42 Å². The molecule has 1 aromatic carbocycles. The third-order valence-electron chi connectivity index (χ3n) is 4.48. The van der Waals surface area contributed by atoms with Gasteiger partial charge in [0.25, 0.3) is 0 Å². The van der Waals surface area contributed by atoms with Gasteiger partial charge in [-0.2, -0.15) is 0 Å². The largest absolute Gasteiger partial charge is 0.488 e. The van der Waals surface area contributed by atoms with Crippen molar-refractivity contribution in [3.63, 3.8) is 0 Å². The van der Waals surface area contributed by atoms with Gasteiger partial charge in [-0.3, -0.25) is 4.90 Å². The van der Waals surface area contributed by atoms with Crippen molar-refractivity contribution in [3.05, 3.63) is 29.8 Å². The molecule has 3 nitrogen and oxygen atoms in total. The van der Waals surface area contributed by atoms with Crippen molar-refractivity contribution in [1.29, 1.82) is 0 Å². The smallest absolute Gasteiger partial charge is 0.123 e. The van der Waals surface area contributed by atoms with Crippen LogP contribution in [0.4, 0.5) is 0 Å². The Bertz CT molecular complexity index is 390. The van der Waals surface area contributed by atoms with Crippen LogP contribution in [0.15, 0.2) is 24.3 Å². The maximum Gasteiger partial charge on any atom is 0.123 e. The Labute approximate surface area is 116 Å². The van der Waals surface area contributed by atoms with Gasteiger partial charge >= 0.3 is 0 Å². The van der Waals surface area contributed by atoms with Crippen molar-refractivity contribution in [1.82, 2.24) is 4.90 Å². The number of nitrogens with zero attached hydrogens (tertiary/aromatic N) is 1. The number of benzene rings is 1. The van der Waals surface area contributed by atoms with Crippen LogP contribution in [-0.4, -0.2) is 36.2 Å². The molecule has 2 N–H and O–H groups in total. The Morgan fingerprint density at radius 3 is 2.68 bits per heavy atom. The Kier molecular flexibility index (Phi) is 4.48. The highest BCUT2D eigenvalue weighted by molar-refractivity contribution is 5.37. The van der Waals surface area contributed by atoms with E-state index < -0.39 is 0 Å². The summed E-state index contributed by atoms with van der Waals surface area (Å²) in [4.78, 5) is 2.46. The fourth-order valence-corrected chi connectivity index (χ4v) is 2.83. The highest BCUT2D eigenvalue weighted by Gasteiger charge is 2.32. The molecule has 0 saturated carbocycles. The molecule has 1 aliphatic rings. The number of fused-ring (bicyclic) bond motifs is 1. The zero-order valence-corrected chi connectivity index (χ0v) is 12.4. The molecule has 0 aliphatic carbocycles. The van der Waals surface area contributed by atoms with E-state index in [4.69, 9.17) is 10.5 Å². The summed E-state index contributed by atoms with van der Waals surface area (Å²) in [7, 11) is 0. The Morgan fingerprint density at radius 1 is 1.37 bits per heavy atom. The quantitative estimate of drug-likeness (QED) is 0.856. The number of hydrogen-bond acceptors (Lipinski definition) is 3. The zero-order valence-electron chi connectivity index (χ0n) is 12.4. The van der Waals surface area contributed by atoms with Gasteiger partial charge in [0, 0.05) is 25.0 Å². The molecule has 19 heavy (non-hydrogen) atoms. The minimum atomic E-state index is 0.0763. The second kappa shape index (κ2) is 5.93. The van der Waals surface area contributed by atoms with Gasteiger partial charge in [-0.25, -0.2) is 0 Å². The van der Waals surface area contributed by atoms with Crippen LogP contribution in [0.5, 0.6) is 5.75 Å². The van der Waals surface area contributed by atoms with Crippen molar-refractivity contribution in [3.8, 4) is 5.75 Å². The molecule has 2 rings (SSSR count). The zero-order chi connectivity index (χ0) is 13.9. The molecule has 0 spiro atoms. The van der Waals surface area contributed by atoms with Crippen LogP contribution in [0, 0.1) is 0 Å². The molecule has 0 saturated heterocycles. The van der Waals surface area contributed by atoms with Gasteiger partial charge in [-0.15, -0.1) is 0 Å². The molecule has 0 amide bonds. The molecular formula is C16H26N2O. The molecule has 0 bridgehead atoms. The number of para-hydroxylation sites is 1. The molecule has 1 heterocycles. The summed E-state index contributed by atoms with van der Waals surface area (Å²) < 4.78 is 6.04. The van der Waals surface area contributed by atoms with E-state index in [1.165, 1.54) is 5.56 Å². The topological polar surface area (TPSA) is 38.5 Å². The average molecular weight is 262 g/mol. The number of ether oxygens (including phenoxy) is 1. The number of rotatable bonds is 6. The van der Waals surface area contributed by atoms with Crippen molar-refractivity contribution in [2.24, 2.45) is 5.73 Å². The third-order valence-corrected chi connectivity index (χ3v) is 4.48. The van der Waals surface area contributed by atoms with Gasteiger partial charge < -0.3 is 10.5 Å². The lowest BCUT2D eigenvalue weighted by Gasteiger charge is -2.40. The molecule has 2 atom stereocenters. The Morgan fingerprint density at radius 2 is 2.11 bits per heavy atom. The predicted octanol–water partition coefficient (Wildman–Crippen LogP) is 2.44. The second-order valence-electron chi connectivity index (χ2n) is 5.64. The van der Waals surface area contributed by atoms with Crippen LogP contribution in [0.25, 0.3) is 0 Å². The third kappa shape index (κ3) is 2.93. The fraction of sp³-hybridized carbons (Fsp3) is 0.625. The van der Waals surface area contributed by atoms with Crippen molar-refractivity contribution >= 4 is 0 Å². The number of likely N-dealkylation sites (N-methyl/N-ethyl adjacent to an activating group) is 1. The summed E-state index contributed by atoms with van der Waals surface area (Å²) in [5.41, 5.74) is 7.37. The van der Waals surface area contributed by atoms with E-state index in [1.807, 2.05) is 6.07 Å². The molecule has 0 fully saturated rings. The van der Waals surface area contributed by atoms with Crippen LogP contribution in [0.2, 0.25) is 0 Å². The van der Waals surface area contributed by atoms with Gasteiger partial charge in [-0.05, 0) is 31.5 Å². The minimum Gasteiger partial charge on any atom is -0.488 e. The highest BCUT2D eigenvalue weighted by atomic mass is 16.5. The molecule has 106 valence electrons. The predicted molar refractivity (Wildman–Crippen MR) is 79.6 cm³/mol. The molecule has 2 unspecified atom stereocenters. The van der Waals surface area contributed by atoms with E-state index >= 15 is 0 Å². The summed E-state index contributed by atoms with van der Waals surface area (Å²) in [6.45, 7) is 9.31. The summed E-state index contributed by atoms with van der Waals surface area (Å²) >= 11 is 0. The molecular weight excluding hydrogens is 236 g/mol. The van der Waals surface area contributed by atoms with Crippen LogP contribution in [0.3, 0.4) is 0 Å². The lowest BCUT2D eigenvalue weighted by Crippen LogP contribution is -2.54. The summed E-state index contributed by atoms with van der Waals surface area (Å²) in [5, 5.41) is 0. The highest BCUT2D eigenvalue weighted by Crippen LogP contribution is 2.29. The van der Waals surface area contributed by atoms with Gasteiger partial charge in [-0.1, -0.05) is 32.0 Å². The van der Waals surface area contributed by atoms with Gasteiger partial charge in [0.2, 0.25) is 0 Å². The lowest BCUT2D eigenvalue weighted by atomic mass is 9.95. The normalized spacial score (nSPS) is 21.0. The van der Waals surface area contributed by atoms with E-state index in [1.54, 1.807) is 0 Å². The first-order chi connectivity index (χ1) is 9.12. The summed E-state index contributed by atoms with van der Waals surface area (Å²) in [6.07, 6.45) is 2.34. The first-order valence-electron chi connectivity index (χ1n) is 7.32. The van der Waals surface area contributed by atoms with Gasteiger partial charge in [0.15, 0.2) is 0 Å². The number of hydrogen-bond donors (Lipinski definition) is 1. The first kappa shape index (κ1) is 14.4. The van der Waals surface area contributed by atoms with E-state index in [0.29, 0.717) is 6.54 Å². The van der Waals surface area contributed by atoms with E-state index in [0.717, 1.165) is 31.7 Å². The van der Waals surface area contributed by atoms with E-state index in [2.05, 4.69) is 43.9 Å². The van der Waals surface area contributed by atoms with Crippen molar-refractivity contribution in [2.45, 2.75) is 45.3 Å². The SMILES string of the molecule is CCN(CC1Cc2ccccc2O1)C(C)(CC)CN. The van der Waals surface area contributed by atoms with E-state index in [9.17, 15) is 0 Å². The minimum absolute atomic E-state index is 0.0763. The van der Waals surface area contributed by atoms with Crippen molar-refractivity contribution < 1.29 is 4.74 Å². The Balaban J connectivity index is 2.02. The van der Waals surface area contributed by atoms with Crippen molar-refractivity contribution in [2.75, 3.05) is 19.6 Å². The maximum atomic E-state index is 6.04. The lowest BCUT2D eigenvalue weighted by molar-refractivity contribution is 0.0658. The molecule has 3 heteroatoms. The molecule has 0 radical (unpaired) electrons. The maximum absolute atomic E-state index is 6.04. The second-order valence-corrected chi connectivity index (χ2v) is 5.64. The van der Waals surface area contributed by atoms with Crippen LogP contribution < -0.4 is 10.5 Å². The van der Waals surface area contributed by atoms with Crippen LogP contribution >= 0.6 is 0 Å². The molecule has 1 aliphatic heterocycles. The summed E-state index contributed by atoms with van der Waals surface area (Å²) in [6, 6.07) is 8.34.